The van der Waals surface area contributed by atoms with E-state index < -0.39 is 27.7 Å². The largest absolute Gasteiger partial charge is 0.360 e. The molecule has 0 spiro atoms. The molecule has 1 unspecified atom stereocenters. The summed E-state index contributed by atoms with van der Waals surface area (Å²) in [6.45, 7) is 3.17. The molecule has 2 N–H and O–H groups in total. The molecule has 9 heteroatoms. The van der Waals surface area contributed by atoms with Crippen molar-refractivity contribution >= 4 is 27.5 Å². The van der Waals surface area contributed by atoms with E-state index in [1.165, 1.54) is 13.0 Å². The van der Waals surface area contributed by atoms with Crippen LogP contribution >= 0.6 is 0 Å². The minimum atomic E-state index is -3.20. The van der Waals surface area contributed by atoms with Crippen molar-refractivity contribution < 1.29 is 22.5 Å². The number of sulfone groups is 1. The highest BCUT2D eigenvalue weighted by Crippen LogP contribution is 2.07. The van der Waals surface area contributed by atoms with E-state index in [1.54, 1.807) is 6.92 Å². The zero-order valence-corrected chi connectivity index (χ0v) is 12.3. The molecule has 0 saturated heterocycles. The Morgan fingerprint density at radius 1 is 1.45 bits per heavy atom. The lowest BCUT2D eigenvalue weighted by Crippen LogP contribution is -2.42. The van der Waals surface area contributed by atoms with Gasteiger partial charge in [0.2, 0.25) is 11.8 Å². The van der Waals surface area contributed by atoms with E-state index >= 15 is 0 Å². The number of carbonyl (C=O) groups is 2. The number of nitrogens with zero attached hydrogens (tertiary/aromatic N) is 1. The van der Waals surface area contributed by atoms with Crippen LogP contribution in [0.3, 0.4) is 0 Å². The fourth-order valence-corrected chi connectivity index (χ4v) is 1.87. The number of hydrogen-bond donors (Lipinski definition) is 2. The van der Waals surface area contributed by atoms with Gasteiger partial charge in [-0.05, 0) is 13.8 Å². The second-order valence-corrected chi connectivity index (χ2v) is 6.74. The number of aryl methyl sites for hydroxylation is 1. The molecule has 2 amide bonds. The summed E-state index contributed by atoms with van der Waals surface area (Å²) in [6.07, 6.45) is 0.864. The first kappa shape index (κ1) is 16.2. The summed E-state index contributed by atoms with van der Waals surface area (Å²) in [5.74, 6) is -0.425. The Morgan fingerprint density at radius 2 is 2.10 bits per heavy atom. The molecule has 0 aliphatic carbocycles. The van der Waals surface area contributed by atoms with Crippen molar-refractivity contribution in [2.45, 2.75) is 26.3 Å². The van der Waals surface area contributed by atoms with Crippen LogP contribution in [0.1, 0.15) is 19.1 Å². The maximum atomic E-state index is 11.7. The van der Waals surface area contributed by atoms with Gasteiger partial charge in [-0.1, -0.05) is 5.16 Å². The van der Waals surface area contributed by atoms with E-state index in [4.69, 9.17) is 4.52 Å². The van der Waals surface area contributed by atoms with Crippen LogP contribution in [-0.4, -0.2) is 43.4 Å². The number of nitrogens with one attached hydrogen (secondary N) is 2. The predicted octanol–water partition coefficient (Wildman–Crippen LogP) is -0.139. The molecule has 0 aliphatic rings. The Labute approximate surface area is 116 Å². The van der Waals surface area contributed by atoms with Gasteiger partial charge < -0.3 is 15.2 Å². The van der Waals surface area contributed by atoms with Crippen molar-refractivity contribution in [1.29, 1.82) is 0 Å². The second kappa shape index (κ2) is 6.51. The Bertz CT molecular complexity index is 593. The summed E-state index contributed by atoms with van der Waals surface area (Å²) < 4.78 is 26.6. The van der Waals surface area contributed by atoms with Crippen LogP contribution in [-0.2, 0) is 19.4 Å². The van der Waals surface area contributed by atoms with E-state index in [9.17, 15) is 18.0 Å². The van der Waals surface area contributed by atoms with Gasteiger partial charge in [0.15, 0.2) is 5.82 Å². The highest BCUT2D eigenvalue weighted by atomic mass is 32.2. The van der Waals surface area contributed by atoms with Crippen LogP contribution in [0.15, 0.2) is 10.6 Å². The van der Waals surface area contributed by atoms with Gasteiger partial charge in [-0.3, -0.25) is 9.59 Å². The fourth-order valence-electron chi connectivity index (χ4n) is 1.32. The third-order valence-corrected chi connectivity index (χ3v) is 3.30. The summed E-state index contributed by atoms with van der Waals surface area (Å²) in [4.78, 5) is 23.2. The van der Waals surface area contributed by atoms with Crippen LogP contribution in [0, 0.1) is 6.92 Å². The van der Waals surface area contributed by atoms with Crippen LogP contribution in [0.25, 0.3) is 0 Å². The van der Waals surface area contributed by atoms with Crippen LogP contribution in [0.4, 0.5) is 5.82 Å². The van der Waals surface area contributed by atoms with Crippen molar-refractivity contribution in [2.75, 3.05) is 17.3 Å². The van der Waals surface area contributed by atoms with Gasteiger partial charge >= 0.3 is 0 Å². The van der Waals surface area contributed by atoms with Gasteiger partial charge in [0, 0.05) is 18.7 Å². The molecule has 1 aromatic rings. The summed E-state index contributed by atoms with van der Waals surface area (Å²) in [7, 11) is -3.20. The van der Waals surface area contributed by atoms with Gasteiger partial charge in [0.05, 0.1) is 5.75 Å². The maximum absolute atomic E-state index is 11.7. The fraction of sp³-hybridized carbons (Fsp3) is 0.545. The maximum Gasteiger partial charge on any atom is 0.247 e. The van der Waals surface area contributed by atoms with E-state index in [1.807, 2.05) is 0 Å². The van der Waals surface area contributed by atoms with E-state index in [0.29, 0.717) is 5.76 Å². The minimum absolute atomic E-state index is 0.181. The Hall–Kier alpha value is -1.90. The first-order chi connectivity index (χ1) is 9.17. The number of anilines is 1. The van der Waals surface area contributed by atoms with Crippen LogP contribution < -0.4 is 10.6 Å². The molecule has 0 saturated carbocycles. The first-order valence-electron chi connectivity index (χ1n) is 5.88. The molecule has 1 rings (SSSR count). The summed E-state index contributed by atoms with van der Waals surface area (Å²) >= 11 is 0. The monoisotopic (exact) mass is 303 g/mol. The summed E-state index contributed by atoms with van der Waals surface area (Å²) in [6, 6.07) is 0.731. The van der Waals surface area contributed by atoms with E-state index in [0.717, 1.165) is 6.26 Å². The topological polar surface area (TPSA) is 118 Å². The number of rotatable bonds is 6. The molecule has 0 radical (unpaired) electrons. The molecule has 20 heavy (non-hydrogen) atoms. The first-order valence-corrected chi connectivity index (χ1v) is 7.94. The molecule has 1 heterocycles. The highest BCUT2D eigenvalue weighted by Gasteiger charge is 2.17. The molecule has 0 fully saturated rings. The second-order valence-electron chi connectivity index (χ2n) is 4.48. The zero-order valence-electron chi connectivity index (χ0n) is 11.5. The van der Waals surface area contributed by atoms with E-state index in [-0.39, 0.29) is 18.0 Å². The van der Waals surface area contributed by atoms with Crippen molar-refractivity contribution in [3.05, 3.63) is 11.8 Å². The van der Waals surface area contributed by atoms with Crippen molar-refractivity contribution in [1.82, 2.24) is 10.5 Å². The van der Waals surface area contributed by atoms with Gasteiger partial charge in [-0.25, -0.2) is 8.42 Å². The molecule has 0 aliphatic heterocycles. The normalized spacial score (nSPS) is 12.8. The number of carbonyl (C=O) groups excluding carboxylic acids is 2. The Morgan fingerprint density at radius 3 is 2.60 bits per heavy atom. The molecular formula is C11H17N3O5S. The standard InChI is InChI=1S/C11H17N3O5S/c1-7-6-9(14-19-7)13-11(16)8(2)12-10(15)4-5-20(3,17)18/h6,8H,4-5H2,1-3H3,(H,12,15)(H,13,14,16). The number of amides is 2. The Balaban J connectivity index is 2.43. The van der Waals surface area contributed by atoms with Crippen LogP contribution in [0.5, 0.6) is 0 Å². The molecular weight excluding hydrogens is 286 g/mol. The molecule has 0 aromatic carbocycles. The van der Waals surface area contributed by atoms with Crippen molar-refractivity contribution in [2.24, 2.45) is 0 Å². The van der Waals surface area contributed by atoms with Crippen LogP contribution in [0.2, 0.25) is 0 Å². The van der Waals surface area contributed by atoms with E-state index in [2.05, 4.69) is 15.8 Å². The molecule has 112 valence electrons. The number of aromatic nitrogens is 1. The molecule has 1 aromatic heterocycles. The summed E-state index contributed by atoms with van der Waals surface area (Å²) in [5.41, 5.74) is 0. The van der Waals surface area contributed by atoms with Crippen molar-refractivity contribution in [3.63, 3.8) is 0 Å². The zero-order chi connectivity index (χ0) is 15.3. The quantitative estimate of drug-likeness (QED) is 0.755. The average Bonchev–Trinajstić information content (AvgIpc) is 2.71. The lowest BCUT2D eigenvalue weighted by atomic mass is 10.3. The smallest absolute Gasteiger partial charge is 0.247 e. The minimum Gasteiger partial charge on any atom is -0.360 e. The molecule has 0 bridgehead atoms. The average molecular weight is 303 g/mol. The molecule has 8 nitrogen and oxygen atoms in total. The van der Waals surface area contributed by atoms with Crippen molar-refractivity contribution in [3.8, 4) is 0 Å². The van der Waals surface area contributed by atoms with Gasteiger partial charge in [0.1, 0.15) is 21.6 Å². The highest BCUT2D eigenvalue weighted by molar-refractivity contribution is 7.90. The lowest BCUT2D eigenvalue weighted by molar-refractivity contribution is -0.125. The van der Waals surface area contributed by atoms with Gasteiger partial charge in [-0.15, -0.1) is 0 Å². The van der Waals surface area contributed by atoms with Gasteiger partial charge in [0.25, 0.3) is 0 Å². The third kappa shape index (κ3) is 5.83. The molecule has 1 atom stereocenters. The lowest BCUT2D eigenvalue weighted by Gasteiger charge is -2.12. The Kier molecular flexibility index (Phi) is 5.26. The summed E-state index contributed by atoms with van der Waals surface area (Å²) in [5, 5.41) is 8.46. The number of hydrogen-bond acceptors (Lipinski definition) is 6. The van der Waals surface area contributed by atoms with Gasteiger partial charge in [-0.2, -0.15) is 0 Å². The third-order valence-electron chi connectivity index (χ3n) is 2.35. The SMILES string of the molecule is Cc1cc(NC(=O)C(C)NC(=O)CCS(C)(=O)=O)no1. The predicted molar refractivity (Wildman–Crippen MR) is 71.8 cm³/mol.